The van der Waals surface area contributed by atoms with Crippen LogP contribution >= 0.6 is 15.9 Å². The normalized spacial score (nSPS) is 9.00. The van der Waals surface area contributed by atoms with Crippen LogP contribution in [0.4, 0.5) is 0 Å². The summed E-state index contributed by atoms with van der Waals surface area (Å²) in [6, 6.07) is 3.04. The van der Waals surface area contributed by atoms with Crippen LogP contribution in [-0.2, 0) is 0 Å². The van der Waals surface area contributed by atoms with Gasteiger partial charge in [0.25, 0.3) is 0 Å². The van der Waals surface area contributed by atoms with Gasteiger partial charge in [-0.15, -0.1) is 0 Å². The van der Waals surface area contributed by atoms with E-state index in [9.17, 15) is 4.79 Å². The number of carboxylic acid groups (broad SMARTS) is 1. The van der Waals surface area contributed by atoms with Crippen LogP contribution in [0.5, 0.6) is 0 Å². The zero-order chi connectivity index (χ0) is 9.14. The fourth-order valence-corrected chi connectivity index (χ4v) is 1.14. The molecule has 0 amide bonds. The van der Waals surface area contributed by atoms with E-state index in [4.69, 9.17) is 10.4 Å². The molecule has 1 aromatic rings. The number of rotatable bonds is 1. The van der Waals surface area contributed by atoms with Crippen LogP contribution in [0.2, 0.25) is 0 Å². The fraction of sp³-hybridized carbons (Fsp3) is 0. The molecule has 12 heavy (non-hydrogen) atoms. The molecule has 4 nitrogen and oxygen atoms in total. The highest BCUT2D eigenvalue weighted by molar-refractivity contribution is 9.10. The molecule has 0 aromatic carbocycles. The molecule has 0 saturated heterocycles. The van der Waals surface area contributed by atoms with Gasteiger partial charge in [0, 0.05) is 6.20 Å². The highest BCUT2D eigenvalue weighted by Crippen LogP contribution is 2.16. The van der Waals surface area contributed by atoms with Gasteiger partial charge in [-0.1, -0.05) is 0 Å². The standard InChI is InChI=1S/C7H3BrN2O2/c8-6-5(3-9)4(7(11)12)1-2-10-6/h1-2H,(H,11,12). The molecule has 0 fully saturated rings. The summed E-state index contributed by atoms with van der Waals surface area (Å²) in [7, 11) is 0. The van der Waals surface area contributed by atoms with E-state index in [2.05, 4.69) is 20.9 Å². The predicted molar refractivity (Wildman–Crippen MR) is 43.6 cm³/mol. The second-order valence-electron chi connectivity index (χ2n) is 1.94. The lowest BCUT2D eigenvalue weighted by molar-refractivity contribution is 0.0696. The fourth-order valence-electron chi connectivity index (χ4n) is 0.721. The van der Waals surface area contributed by atoms with E-state index < -0.39 is 5.97 Å². The average molecular weight is 227 g/mol. The van der Waals surface area contributed by atoms with Gasteiger partial charge in [-0.3, -0.25) is 0 Å². The van der Waals surface area contributed by atoms with E-state index in [-0.39, 0.29) is 15.7 Å². The molecule has 0 spiro atoms. The molecule has 0 saturated carbocycles. The SMILES string of the molecule is N#Cc1c(C(=O)O)ccnc1Br. The topological polar surface area (TPSA) is 74.0 Å². The molecule has 0 aliphatic carbocycles. The quantitative estimate of drug-likeness (QED) is 0.736. The van der Waals surface area contributed by atoms with Crippen LogP contribution in [0.15, 0.2) is 16.9 Å². The Morgan fingerprint density at radius 1 is 1.75 bits per heavy atom. The number of pyridine rings is 1. The second kappa shape index (κ2) is 3.32. The van der Waals surface area contributed by atoms with Crippen molar-refractivity contribution >= 4 is 21.9 Å². The molecule has 0 unspecified atom stereocenters. The molecule has 5 heteroatoms. The van der Waals surface area contributed by atoms with Crippen molar-refractivity contribution in [3.05, 3.63) is 28.0 Å². The minimum atomic E-state index is -1.13. The van der Waals surface area contributed by atoms with E-state index in [1.807, 2.05) is 0 Å². The van der Waals surface area contributed by atoms with Crippen LogP contribution in [0.1, 0.15) is 15.9 Å². The number of nitriles is 1. The van der Waals surface area contributed by atoms with Crippen molar-refractivity contribution < 1.29 is 9.90 Å². The van der Waals surface area contributed by atoms with E-state index in [0.717, 1.165) is 0 Å². The van der Waals surface area contributed by atoms with Gasteiger partial charge < -0.3 is 5.11 Å². The number of carboxylic acids is 1. The maximum absolute atomic E-state index is 10.5. The van der Waals surface area contributed by atoms with Gasteiger partial charge in [0.1, 0.15) is 10.7 Å². The van der Waals surface area contributed by atoms with Gasteiger partial charge in [-0.2, -0.15) is 5.26 Å². The Bertz CT molecular complexity index is 370. The highest BCUT2D eigenvalue weighted by Gasteiger charge is 2.12. The largest absolute Gasteiger partial charge is 0.478 e. The lowest BCUT2D eigenvalue weighted by atomic mass is 10.1. The van der Waals surface area contributed by atoms with Crippen molar-refractivity contribution in [1.82, 2.24) is 4.98 Å². The Labute approximate surface area is 76.6 Å². The number of carbonyl (C=O) groups is 1. The van der Waals surface area contributed by atoms with Gasteiger partial charge in [-0.25, -0.2) is 9.78 Å². The second-order valence-corrected chi connectivity index (χ2v) is 2.69. The molecule has 1 heterocycles. The Hall–Kier alpha value is -1.41. The molecule has 0 aliphatic heterocycles. The van der Waals surface area contributed by atoms with Gasteiger partial charge >= 0.3 is 5.97 Å². The first-order chi connectivity index (χ1) is 5.66. The maximum Gasteiger partial charge on any atom is 0.337 e. The first-order valence-electron chi connectivity index (χ1n) is 2.94. The number of hydrogen-bond acceptors (Lipinski definition) is 3. The van der Waals surface area contributed by atoms with Crippen molar-refractivity contribution in [1.29, 1.82) is 5.26 Å². The Morgan fingerprint density at radius 3 is 2.83 bits per heavy atom. The third-order valence-electron chi connectivity index (χ3n) is 1.25. The third-order valence-corrected chi connectivity index (χ3v) is 1.85. The van der Waals surface area contributed by atoms with Crippen molar-refractivity contribution in [3.63, 3.8) is 0 Å². The van der Waals surface area contributed by atoms with Gasteiger partial charge in [0.05, 0.1) is 11.1 Å². The van der Waals surface area contributed by atoms with Gasteiger partial charge in [-0.05, 0) is 22.0 Å². The maximum atomic E-state index is 10.5. The van der Waals surface area contributed by atoms with Crippen molar-refractivity contribution in [3.8, 4) is 6.07 Å². The summed E-state index contributed by atoms with van der Waals surface area (Å²) in [5.41, 5.74) is 0.00405. The predicted octanol–water partition coefficient (Wildman–Crippen LogP) is 1.41. The van der Waals surface area contributed by atoms with Gasteiger partial charge in [0.2, 0.25) is 0 Å². The first kappa shape index (κ1) is 8.68. The molecule has 0 aliphatic rings. The van der Waals surface area contributed by atoms with Crippen molar-refractivity contribution in [2.75, 3.05) is 0 Å². The third kappa shape index (κ3) is 1.43. The van der Waals surface area contributed by atoms with E-state index in [1.165, 1.54) is 12.3 Å². The Kier molecular flexibility index (Phi) is 2.41. The first-order valence-corrected chi connectivity index (χ1v) is 3.74. The molecule has 0 atom stereocenters. The molecular formula is C7H3BrN2O2. The summed E-state index contributed by atoms with van der Waals surface area (Å²) < 4.78 is 0.255. The van der Waals surface area contributed by atoms with Crippen LogP contribution in [0.25, 0.3) is 0 Å². The van der Waals surface area contributed by atoms with Crippen molar-refractivity contribution in [2.24, 2.45) is 0 Å². The Balaban J connectivity index is 3.40. The summed E-state index contributed by atoms with van der Waals surface area (Å²) >= 11 is 2.98. The lowest BCUT2D eigenvalue weighted by Gasteiger charge is -1.97. The lowest BCUT2D eigenvalue weighted by Crippen LogP contribution is -2.01. The summed E-state index contributed by atoms with van der Waals surface area (Å²) in [4.78, 5) is 14.3. The van der Waals surface area contributed by atoms with Gasteiger partial charge in [0.15, 0.2) is 0 Å². The van der Waals surface area contributed by atoms with Crippen LogP contribution in [0, 0.1) is 11.3 Å². The van der Waals surface area contributed by atoms with Crippen LogP contribution in [0.3, 0.4) is 0 Å². The molecular weight excluding hydrogens is 224 g/mol. The van der Waals surface area contributed by atoms with Crippen LogP contribution in [-0.4, -0.2) is 16.1 Å². The Morgan fingerprint density at radius 2 is 2.42 bits per heavy atom. The molecule has 1 rings (SSSR count). The molecule has 1 aromatic heterocycles. The van der Waals surface area contributed by atoms with E-state index >= 15 is 0 Å². The molecule has 0 bridgehead atoms. The molecule has 1 N–H and O–H groups in total. The van der Waals surface area contributed by atoms with Crippen molar-refractivity contribution in [2.45, 2.75) is 0 Å². The minimum Gasteiger partial charge on any atom is -0.478 e. The summed E-state index contributed by atoms with van der Waals surface area (Å²) in [6.07, 6.45) is 1.33. The molecule has 0 radical (unpaired) electrons. The number of hydrogen-bond donors (Lipinski definition) is 1. The zero-order valence-electron chi connectivity index (χ0n) is 5.78. The summed E-state index contributed by atoms with van der Waals surface area (Å²) in [5, 5.41) is 17.2. The number of aromatic nitrogens is 1. The number of nitrogens with zero attached hydrogens (tertiary/aromatic N) is 2. The highest BCUT2D eigenvalue weighted by atomic mass is 79.9. The van der Waals surface area contributed by atoms with E-state index in [0.29, 0.717) is 0 Å². The smallest absolute Gasteiger partial charge is 0.337 e. The number of halogens is 1. The number of aromatic carboxylic acids is 1. The summed E-state index contributed by atoms with van der Waals surface area (Å²) in [6.45, 7) is 0. The average Bonchev–Trinajstić information content (AvgIpc) is 2.03. The van der Waals surface area contributed by atoms with E-state index in [1.54, 1.807) is 6.07 Å². The van der Waals surface area contributed by atoms with Crippen LogP contribution < -0.4 is 0 Å². The molecule has 60 valence electrons. The monoisotopic (exact) mass is 226 g/mol. The minimum absolute atomic E-state index is 0.0422. The summed E-state index contributed by atoms with van der Waals surface area (Å²) in [5.74, 6) is -1.13. The zero-order valence-corrected chi connectivity index (χ0v) is 7.37.